The lowest BCUT2D eigenvalue weighted by Crippen LogP contribution is -2.39. The zero-order valence-corrected chi connectivity index (χ0v) is 15.8. The van der Waals surface area contributed by atoms with Crippen molar-refractivity contribution in [3.63, 3.8) is 0 Å². The summed E-state index contributed by atoms with van der Waals surface area (Å²) < 4.78 is 5.05. The van der Waals surface area contributed by atoms with Crippen molar-refractivity contribution in [3.05, 3.63) is 23.9 Å². The van der Waals surface area contributed by atoms with Crippen LogP contribution in [0.15, 0.2) is 23.3 Å². The van der Waals surface area contributed by atoms with Gasteiger partial charge in [0, 0.05) is 32.4 Å². The van der Waals surface area contributed by atoms with E-state index in [0.717, 1.165) is 24.6 Å². The van der Waals surface area contributed by atoms with Crippen LogP contribution in [0.1, 0.15) is 32.3 Å². The Balaban J connectivity index is 0.00000400. The summed E-state index contributed by atoms with van der Waals surface area (Å²) in [5.41, 5.74) is 1.07. The normalized spacial score (nSPS) is 10.8. The van der Waals surface area contributed by atoms with E-state index in [4.69, 9.17) is 4.74 Å². The number of unbranched alkanes of at least 4 members (excludes halogenated alkanes) is 1. The van der Waals surface area contributed by atoms with Crippen LogP contribution in [0.25, 0.3) is 0 Å². The minimum Gasteiger partial charge on any atom is -0.481 e. The van der Waals surface area contributed by atoms with Crippen LogP contribution in [0, 0.1) is 0 Å². The zero-order chi connectivity index (χ0) is 14.8. The summed E-state index contributed by atoms with van der Waals surface area (Å²) in [6, 6.07) is 3.85. The number of rotatable bonds is 7. The average molecular weight is 406 g/mol. The van der Waals surface area contributed by atoms with Gasteiger partial charge in [0.05, 0.1) is 13.7 Å². The van der Waals surface area contributed by atoms with E-state index in [1.165, 1.54) is 12.8 Å². The number of halogens is 1. The van der Waals surface area contributed by atoms with Crippen LogP contribution in [0.4, 0.5) is 0 Å². The Morgan fingerprint density at radius 1 is 1.38 bits per heavy atom. The molecule has 0 aliphatic carbocycles. The number of methoxy groups -OCH3 is 1. The molecule has 0 saturated carbocycles. The molecule has 120 valence electrons. The van der Waals surface area contributed by atoms with Crippen molar-refractivity contribution in [1.29, 1.82) is 0 Å². The summed E-state index contributed by atoms with van der Waals surface area (Å²) >= 11 is 0. The maximum atomic E-state index is 5.05. The lowest BCUT2D eigenvalue weighted by molar-refractivity contribution is 0.397. The van der Waals surface area contributed by atoms with Gasteiger partial charge in [-0.2, -0.15) is 0 Å². The topological polar surface area (TPSA) is 49.8 Å². The lowest BCUT2D eigenvalue weighted by atomic mass is 10.3. The lowest BCUT2D eigenvalue weighted by Gasteiger charge is -2.21. The summed E-state index contributed by atoms with van der Waals surface area (Å²) in [5, 5.41) is 3.31. The third-order valence-corrected chi connectivity index (χ3v) is 2.96. The van der Waals surface area contributed by atoms with E-state index in [9.17, 15) is 0 Å². The molecule has 6 heteroatoms. The van der Waals surface area contributed by atoms with Crippen molar-refractivity contribution >= 4 is 29.9 Å². The summed E-state index contributed by atoms with van der Waals surface area (Å²) in [5.74, 6) is 1.57. The summed E-state index contributed by atoms with van der Waals surface area (Å²) in [6.07, 6.45) is 4.16. The minimum atomic E-state index is 0. The van der Waals surface area contributed by atoms with Crippen LogP contribution in [0.5, 0.6) is 5.88 Å². The SMILES string of the molecule is CCCCN(C)C(=NCc1ccc(OC)nc1)NCC.I. The van der Waals surface area contributed by atoms with Gasteiger partial charge in [0.1, 0.15) is 0 Å². The van der Waals surface area contributed by atoms with Crippen molar-refractivity contribution < 1.29 is 4.74 Å². The molecule has 0 fully saturated rings. The van der Waals surface area contributed by atoms with Gasteiger partial charge in [-0.3, -0.25) is 0 Å². The van der Waals surface area contributed by atoms with Crippen molar-refractivity contribution in [3.8, 4) is 5.88 Å². The first-order chi connectivity index (χ1) is 9.71. The third kappa shape index (κ3) is 7.50. The van der Waals surface area contributed by atoms with Gasteiger partial charge < -0.3 is 15.0 Å². The molecule has 21 heavy (non-hydrogen) atoms. The van der Waals surface area contributed by atoms with E-state index in [1.54, 1.807) is 13.3 Å². The molecule has 0 amide bonds. The van der Waals surface area contributed by atoms with Gasteiger partial charge in [0.15, 0.2) is 5.96 Å². The second kappa shape index (κ2) is 11.6. The molecule has 0 saturated heterocycles. The van der Waals surface area contributed by atoms with E-state index in [0.29, 0.717) is 12.4 Å². The molecular formula is C15H27IN4O. The van der Waals surface area contributed by atoms with Crippen LogP contribution in [0.2, 0.25) is 0 Å². The molecule has 0 atom stereocenters. The number of aliphatic imine (C=N–C) groups is 1. The first-order valence-electron chi connectivity index (χ1n) is 7.19. The van der Waals surface area contributed by atoms with Crippen molar-refractivity contribution in [2.75, 3.05) is 27.2 Å². The fraction of sp³-hybridized carbons (Fsp3) is 0.600. The molecule has 0 bridgehead atoms. The van der Waals surface area contributed by atoms with Crippen molar-refractivity contribution in [2.45, 2.75) is 33.2 Å². The maximum Gasteiger partial charge on any atom is 0.212 e. The predicted molar refractivity (Wildman–Crippen MR) is 98.6 cm³/mol. The molecule has 5 nitrogen and oxygen atoms in total. The van der Waals surface area contributed by atoms with Gasteiger partial charge in [0.25, 0.3) is 0 Å². The molecule has 1 rings (SSSR count). The molecule has 0 radical (unpaired) electrons. The van der Waals surface area contributed by atoms with Crippen LogP contribution in [-0.2, 0) is 6.54 Å². The molecule has 1 heterocycles. The van der Waals surface area contributed by atoms with Crippen molar-refractivity contribution in [2.24, 2.45) is 4.99 Å². The fourth-order valence-corrected chi connectivity index (χ4v) is 1.76. The number of aromatic nitrogens is 1. The van der Waals surface area contributed by atoms with Crippen LogP contribution >= 0.6 is 24.0 Å². The Kier molecular flexibility index (Phi) is 11.0. The summed E-state index contributed by atoms with van der Waals surface area (Å²) in [4.78, 5) is 11.0. The summed E-state index contributed by atoms with van der Waals surface area (Å²) in [6.45, 7) is 6.79. The highest BCUT2D eigenvalue weighted by Crippen LogP contribution is 2.07. The molecule has 1 aromatic heterocycles. The van der Waals surface area contributed by atoms with E-state index >= 15 is 0 Å². The summed E-state index contributed by atoms with van der Waals surface area (Å²) in [7, 11) is 3.69. The average Bonchev–Trinajstić information content (AvgIpc) is 2.49. The first kappa shape index (κ1) is 19.9. The monoisotopic (exact) mass is 406 g/mol. The van der Waals surface area contributed by atoms with Crippen LogP contribution < -0.4 is 10.1 Å². The number of nitrogens with zero attached hydrogens (tertiary/aromatic N) is 3. The van der Waals surface area contributed by atoms with E-state index < -0.39 is 0 Å². The number of nitrogens with one attached hydrogen (secondary N) is 1. The molecule has 0 aliphatic heterocycles. The fourth-order valence-electron chi connectivity index (χ4n) is 1.76. The van der Waals surface area contributed by atoms with Gasteiger partial charge >= 0.3 is 0 Å². The highest BCUT2D eigenvalue weighted by atomic mass is 127. The van der Waals surface area contributed by atoms with Crippen LogP contribution in [-0.4, -0.2) is 43.1 Å². The molecule has 0 spiro atoms. The highest BCUT2D eigenvalue weighted by Gasteiger charge is 2.04. The van der Waals surface area contributed by atoms with Crippen LogP contribution in [0.3, 0.4) is 0 Å². The molecule has 1 N–H and O–H groups in total. The molecule has 0 aromatic carbocycles. The Labute approximate surface area is 145 Å². The minimum absolute atomic E-state index is 0. The maximum absolute atomic E-state index is 5.05. The van der Waals surface area contributed by atoms with E-state index in [-0.39, 0.29) is 24.0 Å². The zero-order valence-electron chi connectivity index (χ0n) is 13.4. The second-order valence-corrected chi connectivity index (χ2v) is 4.65. The Bertz CT molecular complexity index is 409. The molecule has 0 unspecified atom stereocenters. The van der Waals surface area contributed by atoms with Gasteiger partial charge in [-0.15, -0.1) is 24.0 Å². The Hall–Kier alpha value is -1.05. The quantitative estimate of drug-likeness (QED) is 0.430. The molecular weight excluding hydrogens is 379 g/mol. The van der Waals surface area contributed by atoms with Gasteiger partial charge in [-0.05, 0) is 18.9 Å². The predicted octanol–water partition coefficient (Wildman–Crippen LogP) is 2.91. The molecule has 1 aromatic rings. The first-order valence-corrected chi connectivity index (χ1v) is 7.19. The standard InChI is InChI=1S/C15H26N4O.HI/c1-5-7-10-19(3)15(16-6-2)18-12-13-8-9-14(20-4)17-11-13;/h8-9,11H,5-7,10,12H2,1-4H3,(H,16,18);1H. The van der Waals surface area contributed by atoms with E-state index in [2.05, 4.69) is 41.1 Å². The molecule has 0 aliphatic rings. The number of pyridine rings is 1. The smallest absolute Gasteiger partial charge is 0.212 e. The number of hydrogen-bond donors (Lipinski definition) is 1. The number of guanidine groups is 1. The van der Waals surface area contributed by atoms with E-state index in [1.807, 2.05) is 12.1 Å². The van der Waals surface area contributed by atoms with Crippen molar-refractivity contribution in [1.82, 2.24) is 15.2 Å². The second-order valence-electron chi connectivity index (χ2n) is 4.65. The largest absolute Gasteiger partial charge is 0.481 e. The van der Waals surface area contributed by atoms with Gasteiger partial charge in [0.2, 0.25) is 5.88 Å². The Morgan fingerprint density at radius 2 is 2.14 bits per heavy atom. The number of ether oxygens (including phenoxy) is 1. The third-order valence-electron chi connectivity index (χ3n) is 2.96. The van der Waals surface area contributed by atoms with Gasteiger partial charge in [-0.1, -0.05) is 19.4 Å². The number of hydrogen-bond acceptors (Lipinski definition) is 3. The Morgan fingerprint density at radius 3 is 2.67 bits per heavy atom. The highest BCUT2D eigenvalue weighted by molar-refractivity contribution is 14.0. The van der Waals surface area contributed by atoms with Gasteiger partial charge in [-0.25, -0.2) is 9.98 Å².